The zero-order valence-electron chi connectivity index (χ0n) is 13.6. The van der Waals surface area contributed by atoms with E-state index in [2.05, 4.69) is 10.6 Å². The third-order valence-corrected chi connectivity index (χ3v) is 3.18. The number of carbonyl (C=O) groups is 3. The van der Waals surface area contributed by atoms with E-state index in [9.17, 15) is 14.4 Å². The first-order chi connectivity index (χ1) is 11.4. The molecule has 24 heavy (non-hydrogen) atoms. The molecule has 0 aliphatic carbocycles. The summed E-state index contributed by atoms with van der Waals surface area (Å²) in [7, 11) is 0. The Morgan fingerprint density at radius 3 is 2.33 bits per heavy atom. The molecule has 0 saturated carbocycles. The predicted octanol–water partition coefficient (Wildman–Crippen LogP) is 1.12. The standard InChI is InChI=1S/C17H20N2O5/c1-17(2)23-15(21)13(16(22)24-17)11-18-9-6-10-19-14(20)12-7-4-3-5-8-12/h3-5,7-8,11,18H,6,9-10H2,1-2H3,(H,19,20). The van der Waals surface area contributed by atoms with Crippen molar-refractivity contribution >= 4 is 17.8 Å². The van der Waals surface area contributed by atoms with Crippen molar-refractivity contribution in [3.63, 3.8) is 0 Å². The summed E-state index contributed by atoms with van der Waals surface area (Å²) in [5.74, 6) is -2.83. The highest BCUT2D eigenvalue weighted by atomic mass is 16.7. The van der Waals surface area contributed by atoms with Gasteiger partial charge in [-0.1, -0.05) is 18.2 Å². The lowest BCUT2D eigenvalue weighted by molar-refractivity contribution is -0.222. The topological polar surface area (TPSA) is 93.7 Å². The van der Waals surface area contributed by atoms with Crippen molar-refractivity contribution in [2.45, 2.75) is 26.1 Å². The van der Waals surface area contributed by atoms with Crippen molar-refractivity contribution in [3.05, 3.63) is 47.7 Å². The molecule has 7 nitrogen and oxygen atoms in total. The normalized spacial score (nSPS) is 16.0. The van der Waals surface area contributed by atoms with E-state index in [1.54, 1.807) is 24.3 Å². The number of cyclic esters (lactones) is 2. The highest BCUT2D eigenvalue weighted by molar-refractivity contribution is 6.15. The van der Waals surface area contributed by atoms with E-state index in [0.717, 1.165) is 0 Å². The second kappa shape index (κ2) is 7.63. The molecule has 1 fully saturated rings. The van der Waals surface area contributed by atoms with Crippen LogP contribution in [0.5, 0.6) is 0 Å². The quantitative estimate of drug-likeness (QED) is 0.351. The highest BCUT2D eigenvalue weighted by Gasteiger charge is 2.38. The average molecular weight is 332 g/mol. The van der Waals surface area contributed by atoms with Crippen LogP contribution in [0.25, 0.3) is 0 Å². The van der Waals surface area contributed by atoms with Gasteiger partial charge in [0.15, 0.2) is 5.57 Å². The number of hydrogen-bond donors (Lipinski definition) is 2. The molecule has 1 amide bonds. The summed E-state index contributed by atoms with van der Waals surface area (Å²) in [5, 5.41) is 5.62. The molecule has 2 rings (SSSR count). The van der Waals surface area contributed by atoms with Crippen molar-refractivity contribution in [2.75, 3.05) is 13.1 Å². The Bertz CT molecular complexity index is 630. The van der Waals surface area contributed by atoms with E-state index in [-0.39, 0.29) is 11.5 Å². The molecule has 0 spiro atoms. The van der Waals surface area contributed by atoms with E-state index in [0.29, 0.717) is 25.1 Å². The van der Waals surface area contributed by atoms with Gasteiger partial charge in [-0.25, -0.2) is 9.59 Å². The van der Waals surface area contributed by atoms with Gasteiger partial charge < -0.3 is 20.1 Å². The lowest BCUT2D eigenvalue weighted by atomic mass is 10.2. The molecule has 1 aromatic carbocycles. The fourth-order valence-electron chi connectivity index (χ4n) is 2.04. The van der Waals surface area contributed by atoms with Gasteiger partial charge in [-0.2, -0.15) is 0 Å². The molecule has 0 atom stereocenters. The minimum Gasteiger partial charge on any atom is -0.419 e. The lowest BCUT2D eigenvalue weighted by Gasteiger charge is -2.29. The third kappa shape index (κ3) is 4.84. The van der Waals surface area contributed by atoms with Crippen LogP contribution in [0.4, 0.5) is 0 Å². The van der Waals surface area contributed by atoms with E-state index < -0.39 is 17.7 Å². The lowest BCUT2D eigenvalue weighted by Crippen LogP contribution is -2.42. The van der Waals surface area contributed by atoms with E-state index in [4.69, 9.17) is 9.47 Å². The first kappa shape index (κ1) is 17.5. The molecule has 1 heterocycles. The van der Waals surface area contributed by atoms with Crippen LogP contribution in [0.3, 0.4) is 0 Å². The molecule has 1 aliphatic heterocycles. The van der Waals surface area contributed by atoms with Gasteiger partial charge in [-0.15, -0.1) is 0 Å². The maximum absolute atomic E-state index is 11.8. The molecule has 128 valence electrons. The number of benzene rings is 1. The minimum atomic E-state index is -1.24. The van der Waals surface area contributed by atoms with Crippen LogP contribution in [0, 0.1) is 0 Å². The van der Waals surface area contributed by atoms with Crippen LogP contribution in [0.15, 0.2) is 42.1 Å². The van der Waals surface area contributed by atoms with E-state index in [1.807, 2.05) is 6.07 Å². The predicted molar refractivity (Wildman–Crippen MR) is 85.7 cm³/mol. The Morgan fingerprint density at radius 1 is 1.08 bits per heavy atom. The smallest absolute Gasteiger partial charge is 0.350 e. The Labute approximate surface area is 140 Å². The molecule has 0 aromatic heterocycles. The number of ether oxygens (including phenoxy) is 2. The van der Waals surface area contributed by atoms with E-state index >= 15 is 0 Å². The summed E-state index contributed by atoms with van der Waals surface area (Å²) in [6.45, 7) is 3.92. The molecule has 2 N–H and O–H groups in total. The van der Waals surface area contributed by atoms with Crippen molar-refractivity contribution in [1.82, 2.24) is 10.6 Å². The average Bonchev–Trinajstić information content (AvgIpc) is 2.52. The van der Waals surface area contributed by atoms with Crippen LogP contribution < -0.4 is 10.6 Å². The summed E-state index contributed by atoms with van der Waals surface area (Å²) in [4.78, 5) is 35.2. The first-order valence-electron chi connectivity index (χ1n) is 7.62. The summed E-state index contributed by atoms with van der Waals surface area (Å²) >= 11 is 0. The zero-order valence-corrected chi connectivity index (χ0v) is 13.6. The SMILES string of the molecule is CC1(C)OC(=O)C(=CNCCCNC(=O)c2ccccc2)C(=O)O1. The van der Waals surface area contributed by atoms with Crippen LogP contribution in [0.2, 0.25) is 0 Å². The molecular formula is C17H20N2O5. The maximum Gasteiger partial charge on any atom is 0.350 e. The van der Waals surface area contributed by atoms with Gasteiger partial charge in [0.25, 0.3) is 11.7 Å². The Kier molecular flexibility index (Phi) is 5.57. The number of esters is 2. The summed E-state index contributed by atoms with van der Waals surface area (Å²) in [5.41, 5.74) is 0.422. The van der Waals surface area contributed by atoms with Gasteiger partial charge in [0.05, 0.1) is 0 Å². The largest absolute Gasteiger partial charge is 0.419 e. The van der Waals surface area contributed by atoms with Crippen molar-refractivity contribution in [1.29, 1.82) is 0 Å². The van der Waals surface area contributed by atoms with Crippen molar-refractivity contribution in [2.24, 2.45) is 0 Å². The molecule has 0 unspecified atom stereocenters. The maximum atomic E-state index is 11.8. The van der Waals surface area contributed by atoms with Crippen molar-refractivity contribution < 1.29 is 23.9 Å². The summed E-state index contributed by atoms with van der Waals surface area (Å²) < 4.78 is 9.94. The summed E-state index contributed by atoms with van der Waals surface area (Å²) in [6, 6.07) is 8.91. The highest BCUT2D eigenvalue weighted by Crippen LogP contribution is 2.21. The van der Waals surface area contributed by atoms with Crippen LogP contribution in [-0.4, -0.2) is 36.7 Å². The second-order valence-corrected chi connectivity index (χ2v) is 5.67. The molecule has 1 saturated heterocycles. The van der Waals surface area contributed by atoms with Crippen LogP contribution in [0.1, 0.15) is 30.6 Å². The van der Waals surface area contributed by atoms with Gasteiger partial charge in [0, 0.05) is 38.7 Å². The van der Waals surface area contributed by atoms with Gasteiger partial charge in [0.1, 0.15) is 0 Å². The molecular weight excluding hydrogens is 312 g/mol. The third-order valence-electron chi connectivity index (χ3n) is 3.18. The Hall–Kier alpha value is -2.83. The fraction of sp³-hybridized carbons (Fsp3) is 0.353. The number of amides is 1. The zero-order chi connectivity index (χ0) is 17.6. The van der Waals surface area contributed by atoms with E-state index in [1.165, 1.54) is 20.0 Å². The molecule has 0 radical (unpaired) electrons. The monoisotopic (exact) mass is 332 g/mol. The molecule has 0 bridgehead atoms. The van der Waals surface area contributed by atoms with Gasteiger partial charge in [-0.05, 0) is 18.6 Å². The molecule has 1 aromatic rings. The number of carbonyl (C=O) groups excluding carboxylic acids is 3. The van der Waals surface area contributed by atoms with Crippen LogP contribution in [-0.2, 0) is 19.1 Å². The second-order valence-electron chi connectivity index (χ2n) is 5.67. The van der Waals surface area contributed by atoms with Crippen LogP contribution >= 0.6 is 0 Å². The minimum absolute atomic E-state index is 0.143. The number of rotatable bonds is 6. The number of nitrogens with one attached hydrogen (secondary N) is 2. The number of hydrogen-bond acceptors (Lipinski definition) is 6. The Balaban J connectivity index is 1.70. The van der Waals surface area contributed by atoms with Gasteiger partial charge in [-0.3, -0.25) is 4.79 Å². The fourth-order valence-corrected chi connectivity index (χ4v) is 2.04. The Morgan fingerprint density at radius 2 is 1.71 bits per heavy atom. The van der Waals surface area contributed by atoms with Gasteiger partial charge in [0.2, 0.25) is 0 Å². The molecule has 7 heteroatoms. The van der Waals surface area contributed by atoms with Gasteiger partial charge >= 0.3 is 11.9 Å². The molecule has 1 aliphatic rings. The van der Waals surface area contributed by atoms with Crippen molar-refractivity contribution in [3.8, 4) is 0 Å². The first-order valence-corrected chi connectivity index (χ1v) is 7.62. The summed E-state index contributed by atoms with van der Waals surface area (Å²) in [6.07, 6.45) is 1.90.